The van der Waals surface area contributed by atoms with Crippen molar-refractivity contribution in [3.05, 3.63) is 159 Å². The fraction of sp³-hybridized carbons (Fsp3) is 0.130. The van der Waals surface area contributed by atoms with Gasteiger partial charge in [0.05, 0.1) is 48.8 Å². The van der Waals surface area contributed by atoms with Crippen molar-refractivity contribution in [3.63, 3.8) is 0 Å². The number of benzene rings is 4. The number of methoxy groups -OCH3 is 2. The molecule has 0 fully saturated rings. The Labute approximate surface area is 403 Å². The van der Waals surface area contributed by atoms with E-state index in [9.17, 15) is 35.9 Å². The summed E-state index contributed by atoms with van der Waals surface area (Å²) in [6.45, 7) is 3.62. The molecule has 23 heteroatoms. The van der Waals surface area contributed by atoms with Gasteiger partial charge in [0.1, 0.15) is 45.4 Å². The van der Waals surface area contributed by atoms with Crippen molar-refractivity contribution in [1.82, 2.24) is 29.9 Å². The lowest BCUT2D eigenvalue weighted by molar-refractivity contribution is -0.139. The van der Waals surface area contributed by atoms with Gasteiger partial charge in [0.2, 0.25) is 0 Å². The second kappa shape index (κ2) is 21.6. The Kier molecular flexibility index (Phi) is 15.9. The zero-order valence-corrected chi connectivity index (χ0v) is 38.5. The summed E-state index contributed by atoms with van der Waals surface area (Å²) in [6, 6.07) is 19.4. The van der Waals surface area contributed by atoms with Gasteiger partial charge in [-0.2, -0.15) is 26.3 Å². The number of pyridine rings is 2. The van der Waals surface area contributed by atoms with Crippen LogP contribution in [0.1, 0.15) is 43.0 Å². The highest BCUT2D eigenvalue weighted by atomic mass is 35.5. The zero-order chi connectivity index (χ0) is 50.2. The predicted molar refractivity (Wildman–Crippen MR) is 252 cm³/mol. The molecule has 8 rings (SSSR count). The number of nitrogens with zero attached hydrogens (tertiary/aromatic N) is 6. The first-order valence-electron chi connectivity index (χ1n) is 19.7. The molecule has 356 valence electrons. The number of carbonyl (C=O) groups excluding carboxylic acids is 2. The molecule has 4 aromatic heterocycles. The van der Waals surface area contributed by atoms with Crippen molar-refractivity contribution in [3.8, 4) is 11.5 Å². The average molecular weight is 1010 g/mol. The number of fused-ring (bicyclic) bond motifs is 2. The monoisotopic (exact) mass is 1010 g/mol. The number of aryl methyl sites for hydroxylation is 2. The molecule has 0 atom stereocenters. The Morgan fingerprint density at radius 1 is 0.580 bits per heavy atom. The lowest BCUT2D eigenvalue weighted by atomic mass is 10.1. The third-order valence-corrected chi connectivity index (χ3v) is 10.5. The largest absolute Gasteiger partial charge is 0.496 e. The van der Waals surface area contributed by atoms with Crippen LogP contribution in [0.4, 0.5) is 54.9 Å². The number of hydrogen-bond donors (Lipinski definition) is 4. The molecule has 4 heterocycles. The SMILES string of the molecule is COc1ccc(NC(=O)c2ccc(C)c(N)c2)cc1C(F)(F)F.COc1ccc(NC(=O)c2ccc(C)c(Nc3ncnc4cnc(Cl)cc34)c2)cc1C(F)(F)F.Clc1cc2c(Cl)ncnc2cn1. The molecule has 69 heavy (non-hydrogen) atoms. The third kappa shape index (κ3) is 12.9. The summed E-state index contributed by atoms with van der Waals surface area (Å²) in [5, 5.41) is 10.5. The molecular formula is C46H35Cl3F6N10O4. The minimum atomic E-state index is -4.63. The minimum absolute atomic E-state index is 0.0160. The Balaban J connectivity index is 0.000000191. The molecule has 0 aliphatic carbocycles. The molecule has 0 saturated heterocycles. The van der Waals surface area contributed by atoms with Gasteiger partial charge in [-0.25, -0.2) is 29.9 Å². The Bertz CT molecular complexity index is 3200. The van der Waals surface area contributed by atoms with E-state index in [0.29, 0.717) is 43.9 Å². The number of nitrogen functional groups attached to an aromatic ring is 1. The van der Waals surface area contributed by atoms with Crippen molar-refractivity contribution in [2.75, 3.05) is 35.9 Å². The van der Waals surface area contributed by atoms with Crippen LogP contribution in [0, 0.1) is 13.8 Å². The highest BCUT2D eigenvalue weighted by Crippen LogP contribution is 2.39. The van der Waals surface area contributed by atoms with E-state index < -0.39 is 35.3 Å². The van der Waals surface area contributed by atoms with Crippen LogP contribution in [0.5, 0.6) is 11.5 Å². The Morgan fingerprint density at radius 2 is 1.06 bits per heavy atom. The van der Waals surface area contributed by atoms with Gasteiger partial charge in [-0.3, -0.25) is 9.59 Å². The molecule has 0 aliphatic heterocycles. The van der Waals surface area contributed by atoms with Gasteiger partial charge in [-0.1, -0.05) is 46.9 Å². The first-order chi connectivity index (χ1) is 32.6. The number of carbonyl (C=O) groups is 2. The molecule has 0 unspecified atom stereocenters. The van der Waals surface area contributed by atoms with E-state index in [0.717, 1.165) is 55.0 Å². The predicted octanol–water partition coefficient (Wildman–Crippen LogP) is 12.2. The molecular weight excluding hydrogens is 977 g/mol. The number of nitrogens with two attached hydrogens (primary N) is 1. The molecule has 2 amide bonds. The number of anilines is 5. The second-order valence-electron chi connectivity index (χ2n) is 14.4. The van der Waals surface area contributed by atoms with Crippen LogP contribution >= 0.6 is 34.8 Å². The lowest BCUT2D eigenvalue weighted by Gasteiger charge is -2.15. The maximum absolute atomic E-state index is 13.3. The summed E-state index contributed by atoms with van der Waals surface area (Å²) >= 11 is 17.5. The number of amides is 2. The van der Waals surface area contributed by atoms with Crippen molar-refractivity contribution in [1.29, 1.82) is 0 Å². The highest BCUT2D eigenvalue weighted by molar-refractivity contribution is 6.35. The number of halogens is 9. The van der Waals surface area contributed by atoms with Crippen LogP contribution in [-0.2, 0) is 12.4 Å². The lowest BCUT2D eigenvalue weighted by Crippen LogP contribution is -2.14. The van der Waals surface area contributed by atoms with Gasteiger partial charge in [0.15, 0.2) is 0 Å². The standard InChI is InChI=1S/C23H17ClF3N5O2.C16H15F3N2O2.C7H3Cl2N3/c1-12-3-4-13(22(33)31-14-5-6-19(34-2)16(8-14)23(25,26)27)7-17(12)32-21-15-9-20(24)28-10-18(15)29-11-30-21;1-9-3-4-10(7-13(9)20)15(22)21-11-5-6-14(23-2)12(8-11)16(17,18)19;8-6-1-4-5(2-10-6)11-3-12-7(4)9/h3-11H,1-2H3,(H,31,33)(H,29,30,32);3-8H,20H2,1-2H3,(H,21,22);1-3H. The smallest absolute Gasteiger partial charge is 0.420 e. The van der Waals surface area contributed by atoms with Crippen molar-refractivity contribution >= 4 is 97.0 Å². The van der Waals surface area contributed by atoms with Gasteiger partial charge in [-0.15, -0.1) is 0 Å². The van der Waals surface area contributed by atoms with E-state index in [1.807, 2.05) is 6.92 Å². The Morgan fingerprint density at radius 3 is 1.57 bits per heavy atom. The molecule has 4 aromatic carbocycles. The van der Waals surface area contributed by atoms with Gasteiger partial charge >= 0.3 is 12.4 Å². The average Bonchev–Trinajstić information content (AvgIpc) is 3.31. The van der Waals surface area contributed by atoms with Crippen molar-refractivity contribution in [2.45, 2.75) is 26.2 Å². The van der Waals surface area contributed by atoms with Crippen molar-refractivity contribution in [2.24, 2.45) is 0 Å². The van der Waals surface area contributed by atoms with Crippen LogP contribution < -0.4 is 31.2 Å². The summed E-state index contributed by atoms with van der Waals surface area (Å²) in [4.78, 5) is 49.0. The number of alkyl halides is 6. The molecule has 0 bridgehead atoms. The van der Waals surface area contributed by atoms with Gasteiger partial charge < -0.3 is 31.2 Å². The summed E-state index contributed by atoms with van der Waals surface area (Å²) in [7, 11) is 2.30. The maximum atomic E-state index is 13.3. The molecule has 0 aliphatic rings. The second-order valence-corrected chi connectivity index (χ2v) is 15.5. The Hall–Kier alpha value is -7.55. The van der Waals surface area contributed by atoms with Crippen molar-refractivity contribution < 1.29 is 45.4 Å². The van der Waals surface area contributed by atoms with E-state index in [1.165, 1.54) is 37.1 Å². The highest BCUT2D eigenvalue weighted by Gasteiger charge is 2.35. The van der Waals surface area contributed by atoms with Crippen LogP contribution in [-0.4, -0.2) is 55.9 Å². The summed E-state index contributed by atoms with van der Waals surface area (Å²) in [6.07, 6.45) is -3.38. The minimum Gasteiger partial charge on any atom is -0.496 e. The first kappa shape index (κ1) is 50.9. The van der Waals surface area contributed by atoms with E-state index in [1.54, 1.807) is 55.6 Å². The molecule has 0 spiro atoms. The molecule has 14 nitrogen and oxygen atoms in total. The van der Waals surface area contributed by atoms with E-state index >= 15 is 0 Å². The molecule has 0 radical (unpaired) electrons. The third-order valence-electron chi connectivity index (χ3n) is 9.75. The van der Waals surface area contributed by atoms with Gasteiger partial charge in [0.25, 0.3) is 11.8 Å². The van der Waals surface area contributed by atoms with E-state index in [4.69, 9.17) is 50.0 Å². The first-order valence-corrected chi connectivity index (χ1v) is 20.8. The van der Waals surface area contributed by atoms with Crippen LogP contribution in [0.3, 0.4) is 0 Å². The number of nitrogens with one attached hydrogen (secondary N) is 3. The molecule has 0 saturated carbocycles. The fourth-order valence-corrected chi connectivity index (χ4v) is 6.67. The van der Waals surface area contributed by atoms with Crippen LogP contribution in [0.15, 0.2) is 110 Å². The maximum Gasteiger partial charge on any atom is 0.420 e. The quantitative estimate of drug-likeness (QED) is 0.0488. The summed E-state index contributed by atoms with van der Waals surface area (Å²) in [5.41, 5.74) is 8.18. The zero-order valence-electron chi connectivity index (χ0n) is 36.2. The fourth-order valence-electron chi connectivity index (χ4n) is 6.16. The van der Waals surface area contributed by atoms with Gasteiger partial charge in [-0.05, 0) is 97.8 Å². The normalized spacial score (nSPS) is 11.1. The van der Waals surface area contributed by atoms with Crippen LogP contribution in [0.25, 0.3) is 21.8 Å². The number of ether oxygens (including phenoxy) is 2. The topological polar surface area (TPSA) is 192 Å². The van der Waals surface area contributed by atoms with Gasteiger partial charge in [0, 0.05) is 44.6 Å². The van der Waals surface area contributed by atoms with E-state index in [-0.39, 0.29) is 39.2 Å². The van der Waals surface area contributed by atoms with Crippen LogP contribution in [0.2, 0.25) is 15.5 Å². The van der Waals surface area contributed by atoms with E-state index in [2.05, 4.69) is 45.9 Å². The summed E-state index contributed by atoms with van der Waals surface area (Å²) < 4.78 is 88.2. The number of aromatic nitrogens is 6. The number of rotatable bonds is 8. The molecule has 8 aromatic rings. The molecule has 5 N–H and O–H groups in total. The number of hydrogen-bond acceptors (Lipinski definition) is 12. The summed E-state index contributed by atoms with van der Waals surface area (Å²) in [5.74, 6) is -1.31.